The number of hydrogen-bond acceptors (Lipinski definition) is 7. The van der Waals surface area contributed by atoms with Gasteiger partial charge in [0, 0.05) is 16.6 Å². The minimum atomic E-state index is 0.529. The van der Waals surface area contributed by atoms with Crippen molar-refractivity contribution in [3.8, 4) is 23.2 Å². The summed E-state index contributed by atoms with van der Waals surface area (Å²) in [4.78, 5) is 9.30. The molecule has 4 rings (SSSR count). The van der Waals surface area contributed by atoms with Crippen LogP contribution in [0.4, 0.5) is 11.5 Å². The van der Waals surface area contributed by atoms with Crippen LogP contribution in [0.5, 0.6) is 5.75 Å². The van der Waals surface area contributed by atoms with Gasteiger partial charge in [-0.2, -0.15) is 15.5 Å². The van der Waals surface area contributed by atoms with Gasteiger partial charge in [0.15, 0.2) is 5.82 Å². The van der Waals surface area contributed by atoms with Gasteiger partial charge in [0.2, 0.25) is 0 Å². The quantitative estimate of drug-likeness (QED) is 0.596. The normalized spacial score (nSPS) is 10.4. The third-order valence-electron chi connectivity index (χ3n) is 4.00. The van der Waals surface area contributed by atoms with Crippen LogP contribution >= 0.6 is 0 Å². The Kier molecular flexibility index (Phi) is 4.29. The van der Waals surface area contributed by atoms with Crippen molar-refractivity contribution in [3.63, 3.8) is 0 Å². The Morgan fingerprint density at radius 2 is 1.96 bits per heavy atom. The fraction of sp³-hybridized carbons (Fsp3) is 0.0500. The Morgan fingerprint density at radius 1 is 1.04 bits per heavy atom. The predicted octanol–water partition coefficient (Wildman–Crippen LogP) is 3.71. The molecular weight excluding hydrogens is 340 g/mol. The molecule has 0 saturated heterocycles. The Bertz CT molecular complexity index is 1150. The maximum Gasteiger partial charge on any atom is 0.163 e. The summed E-state index contributed by atoms with van der Waals surface area (Å²) in [5.74, 6) is 1.85. The maximum atomic E-state index is 9.13. The average molecular weight is 354 g/mol. The van der Waals surface area contributed by atoms with Gasteiger partial charge in [-0.1, -0.05) is 6.07 Å². The Morgan fingerprint density at radius 3 is 2.74 bits per heavy atom. The summed E-state index contributed by atoms with van der Waals surface area (Å²) in [6.07, 6.45) is 3.21. The lowest BCUT2D eigenvalue weighted by atomic mass is 10.2. The fourth-order valence-electron chi connectivity index (χ4n) is 2.69. The molecule has 0 aliphatic rings. The zero-order chi connectivity index (χ0) is 18.6. The van der Waals surface area contributed by atoms with Crippen molar-refractivity contribution in [3.05, 3.63) is 66.5 Å². The molecule has 0 unspecified atom stereocenters. The molecule has 2 heterocycles. The van der Waals surface area contributed by atoms with E-state index in [0.29, 0.717) is 23.0 Å². The first kappa shape index (κ1) is 16.4. The van der Waals surface area contributed by atoms with E-state index in [9.17, 15) is 0 Å². The number of benzene rings is 2. The van der Waals surface area contributed by atoms with Gasteiger partial charge in [0.1, 0.15) is 11.6 Å². The number of fused-ring (bicyclic) bond motifs is 1. The smallest absolute Gasteiger partial charge is 0.163 e. The van der Waals surface area contributed by atoms with Crippen LogP contribution in [0.15, 0.2) is 60.9 Å². The molecule has 0 radical (unpaired) electrons. The van der Waals surface area contributed by atoms with E-state index in [0.717, 1.165) is 22.2 Å². The van der Waals surface area contributed by atoms with E-state index < -0.39 is 0 Å². The zero-order valence-corrected chi connectivity index (χ0v) is 14.4. The van der Waals surface area contributed by atoms with E-state index in [1.165, 1.54) is 0 Å². The second-order valence-corrected chi connectivity index (χ2v) is 5.73. The monoisotopic (exact) mass is 354 g/mol. The maximum absolute atomic E-state index is 9.13. The summed E-state index contributed by atoms with van der Waals surface area (Å²) < 4.78 is 5.33. The van der Waals surface area contributed by atoms with Crippen LogP contribution in [0, 0.1) is 11.3 Å². The summed E-state index contributed by atoms with van der Waals surface area (Å²) in [6.45, 7) is 0. The van der Waals surface area contributed by atoms with Crippen molar-refractivity contribution in [1.29, 1.82) is 5.26 Å². The molecule has 2 aromatic carbocycles. The molecule has 130 valence electrons. The van der Waals surface area contributed by atoms with E-state index in [4.69, 9.17) is 10.00 Å². The van der Waals surface area contributed by atoms with Crippen molar-refractivity contribution in [2.45, 2.75) is 0 Å². The minimum absolute atomic E-state index is 0.529. The minimum Gasteiger partial charge on any atom is -0.497 e. The highest BCUT2D eigenvalue weighted by molar-refractivity contribution is 5.93. The van der Waals surface area contributed by atoms with Crippen LogP contribution in [0.3, 0.4) is 0 Å². The number of aromatic nitrogens is 4. The van der Waals surface area contributed by atoms with Gasteiger partial charge < -0.3 is 10.1 Å². The molecule has 7 nitrogen and oxygen atoms in total. The highest BCUT2D eigenvalue weighted by atomic mass is 16.5. The lowest BCUT2D eigenvalue weighted by molar-refractivity contribution is 0.415. The lowest BCUT2D eigenvalue weighted by Crippen LogP contribution is -2.00. The second kappa shape index (κ2) is 7.06. The molecule has 2 aromatic heterocycles. The van der Waals surface area contributed by atoms with Crippen LogP contribution in [0.2, 0.25) is 0 Å². The molecule has 0 fully saturated rings. The molecular formula is C20H14N6O. The van der Waals surface area contributed by atoms with Gasteiger partial charge in [-0.05, 0) is 42.5 Å². The number of anilines is 2. The summed E-state index contributed by atoms with van der Waals surface area (Å²) in [5.41, 5.74) is 2.85. The molecule has 0 aliphatic heterocycles. The number of nitrogens with one attached hydrogen (secondary N) is 1. The molecule has 0 saturated carbocycles. The van der Waals surface area contributed by atoms with E-state index >= 15 is 0 Å². The van der Waals surface area contributed by atoms with Crippen molar-refractivity contribution < 1.29 is 4.74 Å². The van der Waals surface area contributed by atoms with E-state index in [1.807, 2.05) is 30.3 Å². The topological polar surface area (TPSA) is 96.6 Å². The third kappa shape index (κ3) is 3.37. The molecule has 27 heavy (non-hydrogen) atoms. The summed E-state index contributed by atoms with van der Waals surface area (Å²) in [6, 6.07) is 16.8. The first-order chi connectivity index (χ1) is 13.3. The third-order valence-corrected chi connectivity index (χ3v) is 4.00. The Labute approximate surface area is 155 Å². The van der Waals surface area contributed by atoms with Crippen LogP contribution in [0.25, 0.3) is 22.3 Å². The van der Waals surface area contributed by atoms with Gasteiger partial charge in [0.05, 0.1) is 36.7 Å². The largest absolute Gasteiger partial charge is 0.497 e. The standard InChI is InChI=1S/C20H14N6O/c1-27-16-5-6-18-17(10-16)20(24-15-4-2-3-13(9-15)11-21)26-19(25-18)14-7-8-22-23-12-14/h2-10,12H,1H3,(H,24,25,26). The van der Waals surface area contributed by atoms with Gasteiger partial charge >= 0.3 is 0 Å². The SMILES string of the molecule is COc1ccc2nc(-c3ccnnc3)nc(Nc3cccc(C#N)c3)c2c1. The van der Waals surface area contributed by atoms with Crippen molar-refractivity contribution >= 4 is 22.4 Å². The van der Waals surface area contributed by atoms with Gasteiger partial charge in [-0.25, -0.2) is 9.97 Å². The Hall–Kier alpha value is -4.05. The average Bonchev–Trinajstić information content (AvgIpc) is 2.74. The van der Waals surface area contributed by atoms with Crippen molar-refractivity contribution in [2.75, 3.05) is 12.4 Å². The molecule has 1 N–H and O–H groups in total. The van der Waals surface area contributed by atoms with Crippen molar-refractivity contribution in [2.24, 2.45) is 0 Å². The number of methoxy groups -OCH3 is 1. The fourth-order valence-corrected chi connectivity index (χ4v) is 2.69. The number of hydrogen-bond donors (Lipinski definition) is 1. The summed E-state index contributed by atoms with van der Waals surface area (Å²) in [7, 11) is 1.61. The van der Waals surface area contributed by atoms with Crippen LogP contribution in [-0.2, 0) is 0 Å². The van der Waals surface area contributed by atoms with Crippen LogP contribution in [-0.4, -0.2) is 27.3 Å². The highest BCUT2D eigenvalue weighted by Crippen LogP contribution is 2.30. The van der Waals surface area contributed by atoms with Gasteiger partial charge in [-0.15, -0.1) is 0 Å². The van der Waals surface area contributed by atoms with Gasteiger partial charge in [-0.3, -0.25) is 0 Å². The van der Waals surface area contributed by atoms with Crippen LogP contribution in [0.1, 0.15) is 5.56 Å². The number of rotatable bonds is 4. The van der Waals surface area contributed by atoms with E-state index in [1.54, 1.807) is 37.7 Å². The molecule has 0 bridgehead atoms. The van der Waals surface area contributed by atoms with E-state index in [2.05, 4.69) is 31.6 Å². The van der Waals surface area contributed by atoms with Crippen molar-refractivity contribution in [1.82, 2.24) is 20.2 Å². The molecule has 0 aliphatic carbocycles. The number of nitriles is 1. The van der Waals surface area contributed by atoms with Crippen LogP contribution < -0.4 is 10.1 Å². The predicted molar refractivity (Wildman–Crippen MR) is 102 cm³/mol. The summed E-state index contributed by atoms with van der Waals surface area (Å²) in [5, 5.41) is 20.9. The highest BCUT2D eigenvalue weighted by Gasteiger charge is 2.11. The lowest BCUT2D eigenvalue weighted by Gasteiger charge is -2.12. The zero-order valence-electron chi connectivity index (χ0n) is 14.4. The molecule has 7 heteroatoms. The number of nitrogens with zero attached hydrogens (tertiary/aromatic N) is 5. The molecule has 0 atom stereocenters. The second-order valence-electron chi connectivity index (χ2n) is 5.73. The molecule has 4 aromatic rings. The first-order valence-electron chi connectivity index (χ1n) is 8.17. The summed E-state index contributed by atoms with van der Waals surface area (Å²) >= 11 is 0. The molecule has 0 spiro atoms. The number of ether oxygens (including phenoxy) is 1. The Balaban J connectivity index is 1.88. The molecule has 0 amide bonds. The van der Waals surface area contributed by atoms with Gasteiger partial charge in [0.25, 0.3) is 0 Å². The van der Waals surface area contributed by atoms with E-state index in [-0.39, 0.29) is 0 Å². The first-order valence-corrected chi connectivity index (χ1v) is 8.17.